The summed E-state index contributed by atoms with van der Waals surface area (Å²) in [6.45, 7) is 13.5. The monoisotopic (exact) mass is 509 g/mol. The number of carboxylic acid groups (broad SMARTS) is 1. The first-order chi connectivity index (χ1) is 17.0. The summed E-state index contributed by atoms with van der Waals surface area (Å²) >= 11 is 1.62. The number of hydrogen-bond acceptors (Lipinski definition) is 5. The van der Waals surface area contributed by atoms with Gasteiger partial charge in [0.05, 0.1) is 10.3 Å². The Balaban J connectivity index is 1.52. The quantitative estimate of drug-likeness (QED) is 0.383. The molecule has 0 radical (unpaired) electrons. The summed E-state index contributed by atoms with van der Waals surface area (Å²) in [5, 5.41) is 10.7. The van der Waals surface area contributed by atoms with E-state index in [9.17, 15) is 14.3 Å². The van der Waals surface area contributed by atoms with E-state index in [2.05, 4.69) is 35.8 Å². The number of aromatic nitrogens is 1. The summed E-state index contributed by atoms with van der Waals surface area (Å²) in [5.41, 5.74) is 3.01. The molecule has 1 N–H and O–H groups in total. The molecule has 1 aromatic heterocycles. The molecule has 36 heavy (non-hydrogen) atoms. The van der Waals surface area contributed by atoms with Crippen LogP contribution in [0.15, 0.2) is 48.7 Å². The van der Waals surface area contributed by atoms with E-state index in [0.717, 1.165) is 64.9 Å². The van der Waals surface area contributed by atoms with Gasteiger partial charge >= 0.3 is 5.97 Å². The summed E-state index contributed by atoms with van der Waals surface area (Å²) in [6.07, 6.45) is 2.91. The second kappa shape index (κ2) is 10.7. The minimum atomic E-state index is -0.927. The lowest BCUT2D eigenvalue weighted by molar-refractivity contribution is -0.142. The summed E-state index contributed by atoms with van der Waals surface area (Å²) in [6, 6.07) is 13.2. The predicted molar refractivity (Wildman–Crippen MR) is 145 cm³/mol. The van der Waals surface area contributed by atoms with Crippen LogP contribution in [0.4, 0.5) is 9.52 Å². The molecule has 1 fully saturated rings. The Labute approximate surface area is 217 Å². The summed E-state index contributed by atoms with van der Waals surface area (Å²) < 4.78 is 13.7. The molecule has 0 bridgehead atoms. The maximum absolute atomic E-state index is 13.7. The lowest BCUT2D eigenvalue weighted by Crippen LogP contribution is -2.53. The molecular formula is C29H36FN3O2S. The normalized spacial score (nSPS) is 17.1. The van der Waals surface area contributed by atoms with Gasteiger partial charge in [-0.1, -0.05) is 61.1 Å². The largest absolute Gasteiger partial charge is 0.481 e. The fourth-order valence-corrected chi connectivity index (χ4v) is 5.94. The number of carbonyl (C=O) groups is 1. The van der Waals surface area contributed by atoms with E-state index in [1.165, 1.54) is 6.07 Å². The number of thiazole rings is 1. The van der Waals surface area contributed by atoms with Gasteiger partial charge < -0.3 is 10.0 Å². The summed E-state index contributed by atoms with van der Waals surface area (Å²) in [4.78, 5) is 22.4. The van der Waals surface area contributed by atoms with E-state index in [4.69, 9.17) is 4.98 Å². The summed E-state index contributed by atoms with van der Waals surface area (Å²) in [7, 11) is 0. The average molecular weight is 510 g/mol. The van der Waals surface area contributed by atoms with E-state index in [0.29, 0.717) is 12.0 Å². The van der Waals surface area contributed by atoms with Gasteiger partial charge in [-0.25, -0.2) is 9.37 Å². The van der Waals surface area contributed by atoms with Gasteiger partial charge in [0, 0.05) is 38.4 Å². The van der Waals surface area contributed by atoms with Gasteiger partial charge in [-0.15, -0.1) is 0 Å². The van der Waals surface area contributed by atoms with Crippen LogP contribution in [0.3, 0.4) is 0 Å². The Morgan fingerprint density at radius 2 is 2.00 bits per heavy atom. The number of piperazine rings is 1. The molecule has 2 heterocycles. The smallest absolute Gasteiger partial charge is 0.313 e. The number of anilines is 1. The van der Waals surface area contributed by atoms with Crippen molar-refractivity contribution >= 4 is 22.4 Å². The van der Waals surface area contributed by atoms with Crippen LogP contribution in [0.2, 0.25) is 0 Å². The number of nitrogens with zero attached hydrogens (tertiary/aromatic N) is 3. The van der Waals surface area contributed by atoms with Crippen molar-refractivity contribution in [2.45, 2.75) is 59.0 Å². The zero-order chi connectivity index (χ0) is 26.0. The van der Waals surface area contributed by atoms with Crippen molar-refractivity contribution < 1.29 is 14.3 Å². The van der Waals surface area contributed by atoms with E-state index < -0.39 is 11.4 Å². The lowest BCUT2D eigenvalue weighted by Gasteiger charge is -2.42. The van der Waals surface area contributed by atoms with Crippen molar-refractivity contribution in [1.82, 2.24) is 9.88 Å². The highest BCUT2D eigenvalue weighted by atomic mass is 32.1. The topological polar surface area (TPSA) is 56.7 Å². The zero-order valence-corrected chi connectivity index (χ0v) is 22.6. The predicted octanol–water partition coefficient (Wildman–Crippen LogP) is 6.36. The van der Waals surface area contributed by atoms with E-state index in [1.54, 1.807) is 37.3 Å². The second-order valence-corrected chi connectivity index (χ2v) is 11.9. The molecule has 2 aromatic carbocycles. The van der Waals surface area contributed by atoms with Crippen molar-refractivity contribution in [3.8, 4) is 10.4 Å². The highest BCUT2D eigenvalue weighted by Gasteiger charge is 2.32. The maximum Gasteiger partial charge on any atom is 0.313 e. The lowest BCUT2D eigenvalue weighted by atomic mass is 9.83. The molecular weight excluding hydrogens is 473 g/mol. The van der Waals surface area contributed by atoms with Crippen LogP contribution in [0.1, 0.15) is 50.8 Å². The van der Waals surface area contributed by atoms with Crippen LogP contribution in [-0.2, 0) is 16.8 Å². The van der Waals surface area contributed by atoms with Gasteiger partial charge in [0.2, 0.25) is 0 Å². The zero-order valence-electron chi connectivity index (χ0n) is 21.8. The van der Waals surface area contributed by atoms with Crippen molar-refractivity contribution in [2.24, 2.45) is 5.92 Å². The number of aryl methyl sites for hydroxylation is 1. The first-order valence-electron chi connectivity index (χ1n) is 12.6. The average Bonchev–Trinajstić information content (AvgIpc) is 3.28. The third kappa shape index (κ3) is 5.95. The van der Waals surface area contributed by atoms with Crippen molar-refractivity contribution in [2.75, 3.05) is 24.5 Å². The SMILES string of the molecule is Cc1cc(CN2CCN(c3ncc(-c4cccc(F)c4)s3)[C@H](CC(C)C)C2)cc(C(C)(C)C(=O)O)c1. The molecule has 4 rings (SSSR count). The standard InChI is InChI=1S/C29H36FN3O2S/c1-19(2)11-25-18-32(17-21-12-20(3)13-23(14-21)29(4,5)27(34)35)9-10-33(25)28-31-16-26(36-28)22-7-6-8-24(30)15-22/h6-8,12-16,19,25H,9-11,17-18H2,1-5H3,(H,34,35)/t25-/m1/s1. The van der Waals surface area contributed by atoms with Crippen LogP contribution >= 0.6 is 11.3 Å². The Bertz CT molecular complexity index is 1220. The Morgan fingerprint density at radius 1 is 1.22 bits per heavy atom. The fourth-order valence-electron chi connectivity index (χ4n) is 4.93. The molecule has 7 heteroatoms. The number of benzene rings is 2. The molecule has 1 aliphatic rings. The number of carboxylic acids is 1. The first kappa shape index (κ1) is 26.3. The van der Waals surface area contributed by atoms with E-state index in [-0.39, 0.29) is 5.82 Å². The van der Waals surface area contributed by atoms with Crippen LogP contribution in [0.25, 0.3) is 10.4 Å². The summed E-state index contributed by atoms with van der Waals surface area (Å²) in [5.74, 6) is -0.507. The molecule has 1 aliphatic heterocycles. The third-order valence-corrected chi connectivity index (χ3v) is 8.04. The first-order valence-corrected chi connectivity index (χ1v) is 13.4. The van der Waals surface area contributed by atoms with Crippen LogP contribution in [0, 0.1) is 18.7 Å². The molecule has 1 atom stereocenters. The molecule has 5 nitrogen and oxygen atoms in total. The Morgan fingerprint density at radius 3 is 2.69 bits per heavy atom. The highest BCUT2D eigenvalue weighted by Crippen LogP contribution is 2.34. The molecule has 1 saturated heterocycles. The Hall–Kier alpha value is -2.77. The molecule has 192 valence electrons. The van der Waals surface area contributed by atoms with Gasteiger partial charge in [0.15, 0.2) is 5.13 Å². The molecule has 0 spiro atoms. The molecule has 0 unspecified atom stereocenters. The van der Waals surface area contributed by atoms with Crippen molar-refractivity contribution in [3.05, 3.63) is 71.2 Å². The minimum absolute atomic E-state index is 0.236. The molecule has 0 aliphatic carbocycles. The maximum atomic E-state index is 13.7. The Kier molecular flexibility index (Phi) is 7.81. The number of rotatable bonds is 8. The van der Waals surface area contributed by atoms with E-state index >= 15 is 0 Å². The van der Waals surface area contributed by atoms with Gasteiger partial charge in [-0.05, 0) is 61.9 Å². The van der Waals surface area contributed by atoms with E-state index in [1.807, 2.05) is 25.3 Å². The second-order valence-electron chi connectivity index (χ2n) is 10.9. The van der Waals surface area contributed by atoms with Gasteiger partial charge in [-0.3, -0.25) is 9.69 Å². The van der Waals surface area contributed by atoms with Crippen LogP contribution < -0.4 is 4.90 Å². The van der Waals surface area contributed by atoms with Gasteiger partial charge in [0.25, 0.3) is 0 Å². The minimum Gasteiger partial charge on any atom is -0.481 e. The molecule has 0 amide bonds. The van der Waals surface area contributed by atoms with Crippen LogP contribution in [-0.4, -0.2) is 46.6 Å². The number of aliphatic carboxylic acids is 1. The van der Waals surface area contributed by atoms with Gasteiger partial charge in [0.1, 0.15) is 5.82 Å². The van der Waals surface area contributed by atoms with Gasteiger partial charge in [-0.2, -0.15) is 0 Å². The fraction of sp³-hybridized carbons (Fsp3) is 0.448. The van der Waals surface area contributed by atoms with Crippen molar-refractivity contribution in [1.29, 1.82) is 0 Å². The van der Waals surface area contributed by atoms with Crippen LogP contribution in [0.5, 0.6) is 0 Å². The highest BCUT2D eigenvalue weighted by molar-refractivity contribution is 7.18. The number of halogens is 1. The molecule has 3 aromatic rings. The van der Waals surface area contributed by atoms with Crippen molar-refractivity contribution in [3.63, 3.8) is 0 Å². The third-order valence-electron chi connectivity index (χ3n) is 6.96. The number of hydrogen-bond donors (Lipinski definition) is 1. The molecule has 0 saturated carbocycles.